The Morgan fingerprint density at radius 2 is 2.16 bits per heavy atom. The van der Waals surface area contributed by atoms with Crippen LogP contribution in [-0.2, 0) is 16.0 Å². The predicted molar refractivity (Wildman–Crippen MR) is 76.0 cm³/mol. The van der Waals surface area contributed by atoms with E-state index in [2.05, 4.69) is 16.8 Å². The van der Waals surface area contributed by atoms with Gasteiger partial charge in [0.05, 0.1) is 0 Å². The third-order valence-electron chi connectivity index (χ3n) is 3.47. The molecule has 1 saturated heterocycles. The molecule has 2 atom stereocenters. The number of nitrogens with zero attached hydrogens (tertiary/aromatic N) is 1. The molecule has 2 rings (SSSR count). The zero-order valence-corrected chi connectivity index (χ0v) is 12.4. The van der Waals surface area contributed by atoms with Crippen molar-refractivity contribution in [3.05, 3.63) is 22.4 Å². The largest absolute Gasteiger partial charge is 0.343 e. The fourth-order valence-electron chi connectivity index (χ4n) is 2.48. The van der Waals surface area contributed by atoms with Crippen LogP contribution in [0.25, 0.3) is 0 Å². The topological polar surface area (TPSA) is 49.4 Å². The van der Waals surface area contributed by atoms with Crippen LogP contribution in [0, 0.1) is 5.92 Å². The Morgan fingerprint density at radius 3 is 2.74 bits per heavy atom. The van der Waals surface area contributed by atoms with E-state index in [9.17, 15) is 9.59 Å². The van der Waals surface area contributed by atoms with Gasteiger partial charge in [0.25, 0.3) is 0 Å². The fourth-order valence-corrected chi connectivity index (χ4v) is 3.19. The molecule has 1 aromatic heterocycles. The second kappa shape index (κ2) is 5.74. The third-order valence-corrected chi connectivity index (χ3v) is 4.20. The highest BCUT2D eigenvalue weighted by molar-refractivity contribution is 7.07. The Morgan fingerprint density at radius 1 is 1.42 bits per heavy atom. The van der Waals surface area contributed by atoms with Crippen LogP contribution in [0.3, 0.4) is 0 Å². The number of carbonyl (C=O) groups excluding carboxylic acids is 2. The lowest BCUT2D eigenvalue weighted by Gasteiger charge is -2.39. The SMILES string of the molecule is CC1NC(=O)C(C(C)C)N(CCc2ccsc2)C1=O. The Labute approximate surface area is 117 Å². The van der Waals surface area contributed by atoms with Crippen LogP contribution in [0.1, 0.15) is 26.3 Å². The molecule has 19 heavy (non-hydrogen) atoms. The quantitative estimate of drug-likeness (QED) is 0.912. The number of amides is 2. The maximum absolute atomic E-state index is 12.3. The molecule has 1 aromatic rings. The summed E-state index contributed by atoms with van der Waals surface area (Å²) in [6.07, 6.45) is 0.804. The van der Waals surface area contributed by atoms with Gasteiger partial charge in [-0.05, 0) is 41.7 Å². The number of rotatable bonds is 4. The molecule has 0 saturated carbocycles. The minimum absolute atomic E-state index is 0.0218. The molecule has 0 aliphatic carbocycles. The van der Waals surface area contributed by atoms with Gasteiger partial charge in [0.1, 0.15) is 12.1 Å². The highest BCUT2D eigenvalue weighted by Gasteiger charge is 2.39. The number of hydrogen-bond donors (Lipinski definition) is 1. The van der Waals surface area contributed by atoms with Gasteiger partial charge in [0, 0.05) is 6.54 Å². The average molecular weight is 280 g/mol. The molecule has 2 unspecified atom stereocenters. The standard InChI is InChI=1S/C14H20N2O2S/c1-9(2)12-13(17)15-10(3)14(18)16(12)6-4-11-5-7-19-8-11/h5,7-10,12H,4,6H2,1-3H3,(H,15,17). The van der Waals surface area contributed by atoms with E-state index in [0.29, 0.717) is 6.54 Å². The molecule has 1 N–H and O–H groups in total. The van der Waals surface area contributed by atoms with Crippen molar-refractivity contribution in [1.82, 2.24) is 10.2 Å². The van der Waals surface area contributed by atoms with Crippen LogP contribution >= 0.6 is 11.3 Å². The van der Waals surface area contributed by atoms with E-state index in [1.54, 1.807) is 23.2 Å². The molecule has 1 aliphatic heterocycles. The van der Waals surface area contributed by atoms with E-state index in [0.717, 1.165) is 6.42 Å². The lowest BCUT2D eigenvalue weighted by molar-refractivity contribution is -0.150. The normalized spacial score (nSPS) is 23.9. The molecule has 1 fully saturated rings. The number of piperazine rings is 1. The van der Waals surface area contributed by atoms with Gasteiger partial charge >= 0.3 is 0 Å². The molecule has 5 heteroatoms. The second-order valence-corrected chi connectivity index (χ2v) is 6.11. The van der Waals surface area contributed by atoms with E-state index in [1.165, 1.54) is 5.56 Å². The number of nitrogens with one attached hydrogen (secondary N) is 1. The molecular weight excluding hydrogens is 260 g/mol. The highest BCUT2D eigenvalue weighted by atomic mass is 32.1. The Bertz CT molecular complexity index is 456. The summed E-state index contributed by atoms with van der Waals surface area (Å²) < 4.78 is 0. The van der Waals surface area contributed by atoms with Crippen molar-refractivity contribution in [2.24, 2.45) is 5.92 Å². The van der Waals surface area contributed by atoms with Gasteiger partial charge in [-0.15, -0.1) is 0 Å². The van der Waals surface area contributed by atoms with Gasteiger partial charge in [0.15, 0.2) is 0 Å². The molecular formula is C14H20N2O2S. The summed E-state index contributed by atoms with van der Waals surface area (Å²) in [6.45, 7) is 6.31. The molecule has 0 radical (unpaired) electrons. The van der Waals surface area contributed by atoms with Crippen molar-refractivity contribution in [2.45, 2.75) is 39.3 Å². The molecule has 2 amide bonds. The fraction of sp³-hybridized carbons (Fsp3) is 0.571. The molecule has 4 nitrogen and oxygen atoms in total. The van der Waals surface area contributed by atoms with Gasteiger partial charge in [-0.1, -0.05) is 13.8 Å². The van der Waals surface area contributed by atoms with E-state index < -0.39 is 6.04 Å². The van der Waals surface area contributed by atoms with E-state index in [-0.39, 0.29) is 23.8 Å². The Hall–Kier alpha value is -1.36. The van der Waals surface area contributed by atoms with Crippen LogP contribution < -0.4 is 5.32 Å². The van der Waals surface area contributed by atoms with Gasteiger partial charge in [-0.3, -0.25) is 9.59 Å². The van der Waals surface area contributed by atoms with Gasteiger partial charge < -0.3 is 10.2 Å². The van der Waals surface area contributed by atoms with Crippen molar-refractivity contribution in [3.63, 3.8) is 0 Å². The number of hydrogen-bond acceptors (Lipinski definition) is 3. The van der Waals surface area contributed by atoms with Crippen molar-refractivity contribution in [2.75, 3.05) is 6.54 Å². The first-order chi connectivity index (χ1) is 9.00. The Kier molecular flexibility index (Phi) is 4.24. The highest BCUT2D eigenvalue weighted by Crippen LogP contribution is 2.18. The first-order valence-electron chi connectivity index (χ1n) is 6.62. The molecule has 2 heterocycles. The summed E-state index contributed by atoms with van der Waals surface area (Å²) in [4.78, 5) is 26.1. The van der Waals surface area contributed by atoms with Crippen LogP contribution in [0.5, 0.6) is 0 Å². The number of carbonyl (C=O) groups is 2. The second-order valence-electron chi connectivity index (χ2n) is 5.33. The first kappa shape index (κ1) is 14.1. The molecule has 104 valence electrons. The summed E-state index contributed by atoms with van der Waals surface area (Å²) in [5.74, 6) is 0.111. The van der Waals surface area contributed by atoms with E-state index in [4.69, 9.17) is 0 Å². The summed E-state index contributed by atoms with van der Waals surface area (Å²) in [6, 6.07) is 1.31. The first-order valence-corrected chi connectivity index (χ1v) is 7.57. The smallest absolute Gasteiger partial charge is 0.245 e. The summed E-state index contributed by atoms with van der Waals surface area (Å²) in [7, 11) is 0. The molecule has 0 spiro atoms. The minimum Gasteiger partial charge on any atom is -0.343 e. The van der Waals surface area contributed by atoms with Gasteiger partial charge in [-0.25, -0.2) is 0 Å². The van der Waals surface area contributed by atoms with Crippen molar-refractivity contribution >= 4 is 23.2 Å². The van der Waals surface area contributed by atoms with Crippen molar-refractivity contribution in [1.29, 1.82) is 0 Å². The van der Waals surface area contributed by atoms with Crippen LogP contribution in [0.4, 0.5) is 0 Å². The van der Waals surface area contributed by atoms with Crippen LogP contribution in [-0.4, -0.2) is 35.3 Å². The summed E-state index contributed by atoms with van der Waals surface area (Å²) >= 11 is 1.65. The summed E-state index contributed by atoms with van der Waals surface area (Å²) in [5, 5.41) is 6.87. The minimum atomic E-state index is -0.412. The van der Waals surface area contributed by atoms with E-state index >= 15 is 0 Å². The monoisotopic (exact) mass is 280 g/mol. The maximum Gasteiger partial charge on any atom is 0.245 e. The Balaban J connectivity index is 2.11. The summed E-state index contributed by atoms with van der Waals surface area (Å²) in [5.41, 5.74) is 1.22. The third kappa shape index (κ3) is 2.97. The molecule has 0 bridgehead atoms. The van der Waals surface area contributed by atoms with Gasteiger partial charge in [-0.2, -0.15) is 11.3 Å². The lowest BCUT2D eigenvalue weighted by atomic mass is 9.97. The number of thiophene rings is 1. The zero-order chi connectivity index (χ0) is 14.0. The van der Waals surface area contributed by atoms with Crippen molar-refractivity contribution < 1.29 is 9.59 Å². The lowest BCUT2D eigenvalue weighted by Crippen LogP contribution is -2.64. The van der Waals surface area contributed by atoms with Crippen LogP contribution in [0.2, 0.25) is 0 Å². The zero-order valence-electron chi connectivity index (χ0n) is 11.6. The average Bonchev–Trinajstić information content (AvgIpc) is 2.84. The molecule has 0 aromatic carbocycles. The van der Waals surface area contributed by atoms with Gasteiger partial charge in [0.2, 0.25) is 11.8 Å². The van der Waals surface area contributed by atoms with Crippen molar-refractivity contribution in [3.8, 4) is 0 Å². The van der Waals surface area contributed by atoms with E-state index in [1.807, 2.05) is 19.2 Å². The van der Waals surface area contributed by atoms with Crippen LogP contribution in [0.15, 0.2) is 16.8 Å². The predicted octanol–water partition coefficient (Wildman–Crippen LogP) is 1.66. The molecule has 1 aliphatic rings. The maximum atomic E-state index is 12.3.